The van der Waals surface area contributed by atoms with Crippen molar-refractivity contribution in [2.45, 2.75) is 45.3 Å². The number of carbonyl (C=O) groups excluding carboxylic acids is 2. The zero-order chi connectivity index (χ0) is 13.7. The number of hydrogen-bond donors (Lipinski definition) is 3. The highest BCUT2D eigenvalue weighted by atomic mass is 16.3. The molecule has 0 radical (unpaired) electrons. The summed E-state index contributed by atoms with van der Waals surface area (Å²) in [5.74, 6) is 0.127. The Bertz CT molecular complexity index is 307. The first-order valence-corrected chi connectivity index (χ1v) is 6.43. The SMILES string of the molecule is CC(C)CC(NC(N)=O)C(=O)N1CCC[C@H](O)C1. The highest BCUT2D eigenvalue weighted by molar-refractivity contribution is 5.86. The van der Waals surface area contributed by atoms with Crippen LogP contribution in [0.15, 0.2) is 0 Å². The van der Waals surface area contributed by atoms with Crippen molar-refractivity contribution >= 4 is 11.9 Å². The van der Waals surface area contributed by atoms with Crippen LogP contribution in [-0.4, -0.2) is 47.2 Å². The van der Waals surface area contributed by atoms with Gasteiger partial charge in [-0.3, -0.25) is 4.79 Å². The number of urea groups is 1. The Kier molecular flexibility index (Phi) is 5.40. The van der Waals surface area contributed by atoms with Crippen molar-refractivity contribution < 1.29 is 14.7 Å². The van der Waals surface area contributed by atoms with E-state index in [4.69, 9.17) is 5.73 Å². The topological polar surface area (TPSA) is 95.7 Å². The Hall–Kier alpha value is -1.30. The molecule has 2 atom stereocenters. The first-order valence-electron chi connectivity index (χ1n) is 6.43. The number of β-amino-alcohol motifs (C(OH)–C–C–N with tert-alkyl or cyclic N) is 1. The third-order valence-corrected chi connectivity index (χ3v) is 3.03. The third kappa shape index (κ3) is 4.52. The second kappa shape index (κ2) is 6.58. The van der Waals surface area contributed by atoms with Crippen LogP contribution in [0, 0.1) is 5.92 Å². The van der Waals surface area contributed by atoms with Crippen molar-refractivity contribution in [3.05, 3.63) is 0 Å². The summed E-state index contributed by atoms with van der Waals surface area (Å²) in [4.78, 5) is 24.8. The Morgan fingerprint density at radius 3 is 2.67 bits per heavy atom. The lowest BCUT2D eigenvalue weighted by Gasteiger charge is -2.33. The van der Waals surface area contributed by atoms with Crippen molar-refractivity contribution in [3.8, 4) is 0 Å². The molecule has 0 aromatic carbocycles. The van der Waals surface area contributed by atoms with E-state index in [2.05, 4.69) is 5.32 Å². The van der Waals surface area contributed by atoms with Gasteiger partial charge in [0.25, 0.3) is 0 Å². The number of amides is 3. The molecule has 1 saturated heterocycles. The minimum absolute atomic E-state index is 0.152. The number of aliphatic hydroxyl groups is 1. The van der Waals surface area contributed by atoms with Crippen LogP contribution in [0.4, 0.5) is 4.79 Å². The largest absolute Gasteiger partial charge is 0.391 e. The van der Waals surface area contributed by atoms with Gasteiger partial charge in [-0.2, -0.15) is 0 Å². The second-order valence-electron chi connectivity index (χ2n) is 5.27. The molecule has 1 aliphatic rings. The number of nitrogens with two attached hydrogens (primary N) is 1. The lowest BCUT2D eigenvalue weighted by Crippen LogP contribution is -2.53. The summed E-state index contributed by atoms with van der Waals surface area (Å²) >= 11 is 0. The fourth-order valence-electron chi connectivity index (χ4n) is 2.24. The quantitative estimate of drug-likeness (QED) is 0.664. The molecule has 18 heavy (non-hydrogen) atoms. The van der Waals surface area contributed by atoms with E-state index in [1.807, 2.05) is 13.8 Å². The Balaban J connectivity index is 2.64. The molecule has 0 aromatic heterocycles. The minimum atomic E-state index is -0.688. The predicted octanol–water partition coefficient (Wildman–Crippen LogP) is 0.0527. The van der Waals surface area contributed by atoms with Crippen molar-refractivity contribution in [2.24, 2.45) is 11.7 Å². The van der Waals surface area contributed by atoms with E-state index in [1.54, 1.807) is 4.90 Å². The molecular weight excluding hydrogens is 234 g/mol. The zero-order valence-corrected chi connectivity index (χ0v) is 11.1. The minimum Gasteiger partial charge on any atom is -0.391 e. The van der Waals surface area contributed by atoms with Gasteiger partial charge in [-0.15, -0.1) is 0 Å². The van der Waals surface area contributed by atoms with E-state index in [0.717, 1.165) is 12.8 Å². The van der Waals surface area contributed by atoms with Gasteiger partial charge in [-0.1, -0.05) is 13.8 Å². The van der Waals surface area contributed by atoms with Crippen molar-refractivity contribution in [1.82, 2.24) is 10.2 Å². The van der Waals surface area contributed by atoms with Crippen molar-refractivity contribution in [2.75, 3.05) is 13.1 Å². The Morgan fingerprint density at radius 2 is 2.17 bits per heavy atom. The first kappa shape index (κ1) is 14.8. The van der Waals surface area contributed by atoms with Gasteiger partial charge >= 0.3 is 6.03 Å². The average molecular weight is 257 g/mol. The van der Waals surface area contributed by atoms with Crippen LogP contribution in [0.1, 0.15) is 33.1 Å². The van der Waals surface area contributed by atoms with Gasteiger partial charge < -0.3 is 21.1 Å². The molecule has 1 aliphatic heterocycles. The molecule has 104 valence electrons. The zero-order valence-electron chi connectivity index (χ0n) is 11.1. The van der Waals surface area contributed by atoms with E-state index in [9.17, 15) is 14.7 Å². The molecule has 0 spiro atoms. The van der Waals surface area contributed by atoms with Crippen LogP contribution in [-0.2, 0) is 4.79 Å². The highest BCUT2D eigenvalue weighted by Crippen LogP contribution is 2.14. The summed E-state index contributed by atoms with van der Waals surface area (Å²) in [6.07, 6.45) is 1.60. The summed E-state index contributed by atoms with van der Waals surface area (Å²) in [7, 11) is 0. The maximum absolute atomic E-state index is 12.3. The number of primary amides is 1. The highest BCUT2D eigenvalue weighted by Gasteiger charge is 2.29. The summed E-state index contributed by atoms with van der Waals surface area (Å²) in [6, 6.07) is -1.28. The molecule has 4 N–H and O–H groups in total. The van der Waals surface area contributed by atoms with Gasteiger partial charge in [-0.25, -0.2) is 4.79 Å². The van der Waals surface area contributed by atoms with E-state index < -0.39 is 18.2 Å². The van der Waals surface area contributed by atoms with Gasteiger partial charge in [0.2, 0.25) is 5.91 Å². The van der Waals surface area contributed by atoms with Gasteiger partial charge in [0.05, 0.1) is 6.10 Å². The number of carbonyl (C=O) groups is 2. The molecule has 0 saturated carbocycles. The molecule has 0 aliphatic carbocycles. The Labute approximate surface area is 108 Å². The van der Waals surface area contributed by atoms with E-state index in [0.29, 0.717) is 19.5 Å². The first-order chi connectivity index (χ1) is 8.40. The summed E-state index contributed by atoms with van der Waals surface area (Å²) in [5.41, 5.74) is 5.09. The van der Waals surface area contributed by atoms with Gasteiger partial charge in [-0.05, 0) is 25.2 Å². The number of rotatable bonds is 4. The molecule has 6 nitrogen and oxygen atoms in total. The van der Waals surface area contributed by atoms with Crippen LogP contribution in [0.3, 0.4) is 0 Å². The fraction of sp³-hybridized carbons (Fsp3) is 0.833. The maximum atomic E-state index is 12.3. The molecule has 0 aromatic rings. The molecule has 6 heteroatoms. The van der Waals surface area contributed by atoms with Crippen LogP contribution in [0.25, 0.3) is 0 Å². The second-order valence-corrected chi connectivity index (χ2v) is 5.27. The summed E-state index contributed by atoms with van der Waals surface area (Å²) in [6.45, 7) is 4.93. The molecule has 0 bridgehead atoms. The third-order valence-electron chi connectivity index (χ3n) is 3.03. The standard InChI is InChI=1S/C12H23N3O3/c1-8(2)6-10(14-12(13)18)11(17)15-5-3-4-9(16)7-15/h8-10,16H,3-7H2,1-2H3,(H3,13,14,18)/t9-,10?/m0/s1. The monoisotopic (exact) mass is 257 g/mol. The van der Waals surface area contributed by atoms with Crippen LogP contribution in [0.5, 0.6) is 0 Å². The number of nitrogens with one attached hydrogen (secondary N) is 1. The smallest absolute Gasteiger partial charge is 0.312 e. The lowest BCUT2D eigenvalue weighted by atomic mass is 10.0. The molecule has 1 heterocycles. The van der Waals surface area contributed by atoms with Crippen LogP contribution in [0.2, 0.25) is 0 Å². The normalized spacial score (nSPS) is 21.8. The fourth-order valence-corrected chi connectivity index (χ4v) is 2.24. The molecule has 1 rings (SSSR count). The number of piperidine rings is 1. The average Bonchev–Trinajstić information content (AvgIpc) is 2.26. The van der Waals surface area contributed by atoms with Crippen LogP contribution >= 0.6 is 0 Å². The van der Waals surface area contributed by atoms with Gasteiger partial charge in [0.1, 0.15) is 6.04 Å². The number of hydrogen-bond acceptors (Lipinski definition) is 3. The summed E-state index contributed by atoms with van der Waals surface area (Å²) < 4.78 is 0. The molecule has 1 fully saturated rings. The van der Waals surface area contributed by atoms with Crippen LogP contribution < -0.4 is 11.1 Å². The lowest BCUT2D eigenvalue weighted by molar-refractivity contribution is -0.136. The van der Waals surface area contributed by atoms with Crippen molar-refractivity contribution in [3.63, 3.8) is 0 Å². The number of aliphatic hydroxyl groups excluding tert-OH is 1. The van der Waals surface area contributed by atoms with Gasteiger partial charge in [0.15, 0.2) is 0 Å². The maximum Gasteiger partial charge on any atom is 0.312 e. The Morgan fingerprint density at radius 1 is 1.50 bits per heavy atom. The van der Waals surface area contributed by atoms with Crippen molar-refractivity contribution in [1.29, 1.82) is 0 Å². The summed E-state index contributed by atoms with van der Waals surface area (Å²) in [5, 5.41) is 12.1. The molecule has 3 amide bonds. The number of likely N-dealkylation sites (tertiary alicyclic amines) is 1. The van der Waals surface area contributed by atoms with E-state index in [1.165, 1.54) is 0 Å². The number of nitrogens with zero attached hydrogens (tertiary/aromatic N) is 1. The molecule has 1 unspecified atom stereocenters. The van der Waals surface area contributed by atoms with E-state index >= 15 is 0 Å². The van der Waals surface area contributed by atoms with Gasteiger partial charge in [0, 0.05) is 13.1 Å². The predicted molar refractivity (Wildman–Crippen MR) is 67.8 cm³/mol. The molecular formula is C12H23N3O3. The van der Waals surface area contributed by atoms with E-state index in [-0.39, 0.29) is 11.8 Å².